The average Bonchev–Trinajstić information content (AvgIpc) is 2.99. The van der Waals surface area contributed by atoms with Crippen LogP contribution < -0.4 is 10.9 Å². The average molecular weight is 427 g/mol. The van der Waals surface area contributed by atoms with Crippen molar-refractivity contribution in [3.63, 3.8) is 0 Å². The summed E-state index contributed by atoms with van der Waals surface area (Å²) in [6, 6.07) is 5.70. The molecule has 0 aliphatic heterocycles. The fourth-order valence-corrected chi connectivity index (χ4v) is 4.20. The first-order chi connectivity index (χ1) is 14.2. The molecule has 0 saturated carbocycles. The number of carbonyl (C=O) groups is 2. The second kappa shape index (κ2) is 8.79. The number of thiophene rings is 1. The molecule has 0 spiro atoms. The van der Waals surface area contributed by atoms with Gasteiger partial charge in [-0.15, -0.1) is 11.3 Å². The lowest BCUT2D eigenvalue weighted by molar-refractivity contribution is -0.133. The highest BCUT2D eigenvalue weighted by Gasteiger charge is 2.16. The molecule has 0 atom stereocenters. The van der Waals surface area contributed by atoms with Gasteiger partial charge < -0.3 is 10.2 Å². The lowest BCUT2D eigenvalue weighted by atomic mass is 10.1. The van der Waals surface area contributed by atoms with Gasteiger partial charge in [-0.1, -0.05) is 12.1 Å². The first-order valence-electron chi connectivity index (χ1n) is 9.74. The Hall–Kier alpha value is -3.00. The van der Waals surface area contributed by atoms with Crippen LogP contribution in [0.1, 0.15) is 28.0 Å². The maximum absolute atomic E-state index is 12.7. The standard InChI is InChI=1S/C22H26N4O3S/c1-13-7-6-8-17(14(13)2)24-18(27)11-25(5)19(28)9-10-26-12-23-21-20(22(26)29)15(3)16(4)30-21/h6-8,12H,9-11H2,1-5H3,(H,24,27). The van der Waals surface area contributed by atoms with Gasteiger partial charge in [0.1, 0.15) is 4.83 Å². The van der Waals surface area contributed by atoms with Gasteiger partial charge in [-0.05, 0) is 50.5 Å². The van der Waals surface area contributed by atoms with E-state index in [0.717, 1.165) is 32.1 Å². The minimum Gasteiger partial charge on any atom is -0.336 e. The molecule has 7 nitrogen and oxygen atoms in total. The van der Waals surface area contributed by atoms with E-state index in [0.29, 0.717) is 5.39 Å². The summed E-state index contributed by atoms with van der Waals surface area (Å²) in [5, 5.41) is 3.47. The molecule has 0 bridgehead atoms. The van der Waals surface area contributed by atoms with Gasteiger partial charge >= 0.3 is 0 Å². The van der Waals surface area contributed by atoms with Gasteiger partial charge in [0.2, 0.25) is 11.8 Å². The van der Waals surface area contributed by atoms with E-state index in [1.54, 1.807) is 7.05 Å². The molecule has 1 N–H and O–H groups in total. The van der Waals surface area contributed by atoms with Crippen LogP contribution in [0.25, 0.3) is 10.2 Å². The predicted molar refractivity (Wildman–Crippen MR) is 120 cm³/mol. The minimum atomic E-state index is -0.260. The van der Waals surface area contributed by atoms with Crippen molar-refractivity contribution in [2.45, 2.75) is 40.7 Å². The number of carbonyl (C=O) groups excluding carboxylic acids is 2. The van der Waals surface area contributed by atoms with Crippen LogP contribution in [0.4, 0.5) is 5.69 Å². The number of nitrogens with zero attached hydrogens (tertiary/aromatic N) is 3. The zero-order valence-electron chi connectivity index (χ0n) is 17.9. The maximum atomic E-state index is 12.7. The van der Waals surface area contributed by atoms with E-state index < -0.39 is 0 Å². The molecular formula is C22H26N4O3S. The smallest absolute Gasteiger partial charge is 0.262 e. The highest BCUT2D eigenvalue weighted by molar-refractivity contribution is 7.18. The molecule has 0 aliphatic carbocycles. The molecule has 0 saturated heterocycles. The second-order valence-corrected chi connectivity index (χ2v) is 8.71. The van der Waals surface area contributed by atoms with Crippen molar-refractivity contribution in [3.8, 4) is 0 Å². The summed E-state index contributed by atoms with van der Waals surface area (Å²) in [5.41, 5.74) is 3.64. The largest absolute Gasteiger partial charge is 0.336 e. The molecule has 2 amide bonds. The van der Waals surface area contributed by atoms with Crippen LogP contribution in [-0.2, 0) is 16.1 Å². The third-order valence-corrected chi connectivity index (χ3v) is 6.52. The molecule has 0 aliphatic rings. The number of nitrogens with one attached hydrogen (secondary N) is 1. The quantitative estimate of drug-likeness (QED) is 0.656. The van der Waals surface area contributed by atoms with Gasteiger partial charge in [0, 0.05) is 30.6 Å². The lowest BCUT2D eigenvalue weighted by Crippen LogP contribution is -2.36. The van der Waals surface area contributed by atoms with Crippen LogP contribution in [0.2, 0.25) is 0 Å². The Morgan fingerprint density at radius 2 is 1.90 bits per heavy atom. The molecule has 3 aromatic rings. The number of amides is 2. The molecule has 0 unspecified atom stereocenters. The Bertz CT molecular complexity index is 1180. The number of rotatable bonds is 6. The van der Waals surface area contributed by atoms with Crippen LogP contribution in [-0.4, -0.2) is 39.9 Å². The summed E-state index contributed by atoms with van der Waals surface area (Å²) in [4.78, 5) is 45.1. The number of aromatic nitrogens is 2. The van der Waals surface area contributed by atoms with Crippen molar-refractivity contribution in [1.29, 1.82) is 0 Å². The number of benzene rings is 1. The number of fused-ring (bicyclic) bond motifs is 1. The summed E-state index contributed by atoms with van der Waals surface area (Å²) in [6.07, 6.45) is 1.60. The molecule has 0 fully saturated rings. The Labute approximate surface area is 179 Å². The van der Waals surface area contributed by atoms with Gasteiger partial charge in [0.15, 0.2) is 0 Å². The molecular weight excluding hydrogens is 400 g/mol. The van der Waals surface area contributed by atoms with E-state index in [2.05, 4.69) is 10.3 Å². The zero-order valence-corrected chi connectivity index (χ0v) is 18.7. The highest BCUT2D eigenvalue weighted by Crippen LogP contribution is 2.25. The van der Waals surface area contributed by atoms with Crippen molar-refractivity contribution in [1.82, 2.24) is 14.5 Å². The Morgan fingerprint density at radius 3 is 2.63 bits per heavy atom. The predicted octanol–water partition coefficient (Wildman–Crippen LogP) is 3.18. The molecule has 2 heterocycles. The topological polar surface area (TPSA) is 84.3 Å². The van der Waals surface area contributed by atoms with Crippen LogP contribution in [0.5, 0.6) is 0 Å². The molecule has 8 heteroatoms. The minimum absolute atomic E-state index is 0.0543. The van der Waals surface area contributed by atoms with Crippen molar-refractivity contribution in [3.05, 3.63) is 56.4 Å². The van der Waals surface area contributed by atoms with Crippen molar-refractivity contribution in [2.75, 3.05) is 18.9 Å². The first kappa shape index (κ1) is 21.7. The van der Waals surface area contributed by atoms with Gasteiger partial charge in [0.25, 0.3) is 5.56 Å². The van der Waals surface area contributed by atoms with Crippen LogP contribution in [0.15, 0.2) is 29.3 Å². The van der Waals surface area contributed by atoms with E-state index >= 15 is 0 Å². The molecule has 30 heavy (non-hydrogen) atoms. The molecule has 158 valence electrons. The van der Waals surface area contributed by atoms with Crippen molar-refractivity contribution in [2.24, 2.45) is 0 Å². The molecule has 3 rings (SSSR count). The van der Waals surface area contributed by atoms with Crippen LogP contribution in [0, 0.1) is 27.7 Å². The summed E-state index contributed by atoms with van der Waals surface area (Å²) < 4.78 is 1.46. The Kier molecular flexibility index (Phi) is 6.36. The van der Waals surface area contributed by atoms with Crippen LogP contribution in [0.3, 0.4) is 0 Å². The second-order valence-electron chi connectivity index (χ2n) is 7.50. The highest BCUT2D eigenvalue weighted by atomic mass is 32.1. The van der Waals surface area contributed by atoms with E-state index in [1.807, 2.05) is 45.9 Å². The van der Waals surface area contributed by atoms with Gasteiger partial charge in [-0.25, -0.2) is 4.98 Å². The number of hydrogen-bond donors (Lipinski definition) is 1. The third-order valence-electron chi connectivity index (χ3n) is 5.41. The summed E-state index contributed by atoms with van der Waals surface area (Å²) in [5.74, 6) is -0.472. The van der Waals surface area contributed by atoms with E-state index in [1.165, 1.54) is 27.1 Å². The normalized spacial score (nSPS) is 11.0. The van der Waals surface area contributed by atoms with Gasteiger partial charge in [-0.2, -0.15) is 0 Å². The Balaban J connectivity index is 1.61. The monoisotopic (exact) mass is 426 g/mol. The van der Waals surface area contributed by atoms with Crippen molar-refractivity contribution < 1.29 is 9.59 Å². The summed E-state index contributed by atoms with van der Waals surface area (Å²) in [6.45, 7) is 7.97. The maximum Gasteiger partial charge on any atom is 0.262 e. The van der Waals surface area contributed by atoms with E-state index in [9.17, 15) is 14.4 Å². The number of aryl methyl sites for hydroxylation is 4. The summed E-state index contributed by atoms with van der Waals surface area (Å²) in [7, 11) is 1.58. The van der Waals surface area contributed by atoms with E-state index in [4.69, 9.17) is 0 Å². The van der Waals surface area contributed by atoms with Crippen LogP contribution >= 0.6 is 11.3 Å². The van der Waals surface area contributed by atoms with E-state index in [-0.39, 0.29) is 36.9 Å². The van der Waals surface area contributed by atoms with Gasteiger partial charge in [0.05, 0.1) is 18.3 Å². The zero-order chi connectivity index (χ0) is 22.0. The number of hydrogen-bond acceptors (Lipinski definition) is 5. The fourth-order valence-electron chi connectivity index (χ4n) is 3.22. The SMILES string of the molecule is Cc1cccc(NC(=O)CN(C)C(=O)CCn2cnc3sc(C)c(C)c3c2=O)c1C. The molecule has 1 aromatic carbocycles. The lowest BCUT2D eigenvalue weighted by Gasteiger charge is -2.18. The first-order valence-corrected chi connectivity index (χ1v) is 10.6. The number of anilines is 1. The summed E-state index contributed by atoms with van der Waals surface area (Å²) >= 11 is 1.50. The Morgan fingerprint density at radius 1 is 1.17 bits per heavy atom. The molecule has 2 aromatic heterocycles. The fraction of sp³-hybridized carbons (Fsp3) is 0.364. The third kappa shape index (κ3) is 4.43. The van der Waals surface area contributed by atoms with Crippen molar-refractivity contribution >= 4 is 39.1 Å². The van der Waals surface area contributed by atoms with Gasteiger partial charge in [-0.3, -0.25) is 19.0 Å². The number of likely N-dealkylation sites (N-methyl/N-ethyl adjacent to an activating group) is 1. The molecule has 0 radical (unpaired) electrons.